The van der Waals surface area contributed by atoms with Gasteiger partial charge in [-0.1, -0.05) is 24.3 Å². The van der Waals surface area contributed by atoms with E-state index in [1.807, 2.05) is 6.92 Å². The molecular formula is C9H12. The molecular weight excluding hydrogens is 108 g/mol. The Labute approximate surface area is 56.6 Å². The quantitative estimate of drug-likeness (QED) is 0.499. The Morgan fingerprint density at radius 1 is 1.44 bits per heavy atom. The lowest BCUT2D eigenvalue weighted by Gasteiger charge is -1.92. The topological polar surface area (TPSA) is 0 Å². The fourth-order valence-corrected chi connectivity index (χ4v) is 1.02. The van der Waals surface area contributed by atoms with Gasteiger partial charge in [-0.15, -0.1) is 0 Å². The Morgan fingerprint density at radius 2 is 2.22 bits per heavy atom. The van der Waals surface area contributed by atoms with E-state index in [1.54, 1.807) is 0 Å². The van der Waals surface area contributed by atoms with E-state index in [9.17, 15) is 0 Å². The van der Waals surface area contributed by atoms with Crippen LogP contribution in [0.5, 0.6) is 0 Å². The lowest BCUT2D eigenvalue weighted by molar-refractivity contribution is 1.42. The third kappa shape index (κ3) is 1.32. The third-order valence-electron chi connectivity index (χ3n) is 1.56. The molecule has 0 aliphatic heterocycles. The second-order valence-electron chi connectivity index (χ2n) is 2.28. The van der Waals surface area contributed by atoms with E-state index in [1.165, 1.54) is 11.1 Å². The maximum atomic E-state index is 2.25. The monoisotopic (exact) mass is 120 g/mol. The summed E-state index contributed by atoms with van der Waals surface area (Å²) < 4.78 is 0. The Kier molecular flexibility index (Phi) is 1.88. The van der Waals surface area contributed by atoms with Gasteiger partial charge in [-0.3, -0.25) is 0 Å². The van der Waals surface area contributed by atoms with Crippen LogP contribution in [0.2, 0.25) is 0 Å². The zero-order valence-corrected chi connectivity index (χ0v) is 6.02. The average molecular weight is 120 g/mol. The molecule has 0 spiro atoms. The van der Waals surface area contributed by atoms with Crippen LogP contribution in [0, 0.1) is 0 Å². The molecule has 0 aromatic carbocycles. The van der Waals surface area contributed by atoms with Crippen molar-refractivity contribution in [3.8, 4) is 0 Å². The fraction of sp³-hybridized carbons (Fsp3) is 0.333. The molecule has 0 heterocycles. The SMILES string of the molecule is CC=CC1=CCC=C1C. The summed E-state index contributed by atoms with van der Waals surface area (Å²) in [5.41, 5.74) is 2.80. The van der Waals surface area contributed by atoms with Crippen molar-refractivity contribution < 1.29 is 0 Å². The van der Waals surface area contributed by atoms with E-state index >= 15 is 0 Å². The molecule has 1 rings (SSSR count). The van der Waals surface area contributed by atoms with Crippen molar-refractivity contribution in [1.82, 2.24) is 0 Å². The molecule has 0 radical (unpaired) electrons. The van der Waals surface area contributed by atoms with E-state index in [2.05, 4.69) is 31.2 Å². The molecule has 0 atom stereocenters. The van der Waals surface area contributed by atoms with Crippen LogP contribution >= 0.6 is 0 Å². The van der Waals surface area contributed by atoms with Gasteiger partial charge in [-0.05, 0) is 31.4 Å². The first-order valence-corrected chi connectivity index (χ1v) is 3.34. The standard InChI is InChI=1S/C9H12/c1-3-5-9-7-4-6-8(9)2/h3,5-7H,4H2,1-2H3. The van der Waals surface area contributed by atoms with E-state index in [0.29, 0.717) is 0 Å². The molecule has 0 N–H and O–H groups in total. The molecule has 0 unspecified atom stereocenters. The van der Waals surface area contributed by atoms with Gasteiger partial charge < -0.3 is 0 Å². The molecule has 0 fully saturated rings. The predicted octanol–water partition coefficient (Wildman–Crippen LogP) is 2.84. The molecule has 0 bridgehead atoms. The minimum absolute atomic E-state index is 1.12. The van der Waals surface area contributed by atoms with E-state index < -0.39 is 0 Å². The molecule has 9 heavy (non-hydrogen) atoms. The smallest absolute Gasteiger partial charge is 0.0154 e. The van der Waals surface area contributed by atoms with Crippen LogP contribution in [0.1, 0.15) is 20.3 Å². The van der Waals surface area contributed by atoms with E-state index in [4.69, 9.17) is 0 Å². The van der Waals surface area contributed by atoms with Crippen LogP contribution in [0.3, 0.4) is 0 Å². The molecule has 0 heteroatoms. The Balaban J connectivity index is 2.71. The average Bonchev–Trinajstić information content (AvgIpc) is 2.18. The molecule has 0 saturated heterocycles. The minimum Gasteiger partial charge on any atom is -0.0871 e. The molecule has 48 valence electrons. The largest absolute Gasteiger partial charge is 0.0871 e. The van der Waals surface area contributed by atoms with Crippen LogP contribution in [-0.4, -0.2) is 0 Å². The van der Waals surface area contributed by atoms with E-state index in [0.717, 1.165) is 6.42 Å². The first-order valence-electron chi connectivity index (χ1n) is 3.34. The Hall–Kier alpha value is -0.780. The first-order chi connectivity index (χ1) is 4.34. The summed E-state index contributed by atoms with van der Waals surface area (Å²) in [5, 5.41) is 0. The van der Waals surface area contributed by atoms with Crippen molar-refractivity contribution in [2.75, 3.05) is 0 Å². The molecule has 0 aromatic rings. The molecule has 0 amide bonds. The zero-order chi connectivity index (χ0) is 6.69. The van der Waals surface area contributed by atoms with Crippen molar-refractivity contribution >= 4 is 0 Å². The van der Waals surface area contributed by atoms with Gasteiger partial charge in [-0.25, -0.2) is 0 Å². The third-order valence-corrected chi connectivity index (χ3v) is 1.56. The normalized spacial score (nSPS) is 18.4. The summed E-state index contributed by atoms with van der Waals surface area (Å²) in [6, 6.07) is 0. The van der Waals surface area contributed by atoms with Crippen molar-refractivity contribution in [2.24, 2.45) is 0 Å². The highest BCUT2D eigenvalue weighted by Gasteiger charge is 1.98. The molecule has 0 saturated carbocycles. The Bertz CT molecular complexity index is 180. The number of hydrogen-bond donors (Lipinski definition) is 0. The molecule has 1 aliphatic rings. The Morgan fingerprint density at radius 3 is 2.67 bits per heavy atom. The van der Waals surface area contributed by atoms with Crippen LogP contribution in [0.15, 0.2) is 35.5 Å². The lowest BCUT2D eigenvalue weighted by Crippen LogP contribution is -1.72. The van der Waals surface area contributed by atoms with Gasteiger partial charge in [0.25, 0.3) is 0 Å². The summed E-state index contributed by atoms with van der Waals surface area (Å²) in [7, 11) is 0. The second-order valence-corrected chi connectivity index (χ2v) is 2.28. The van der Waals surface area contributed by atoms with Crippen molar-refractivity contribution in [1.29, 1.82) is 0 Å². The summed E-state index contributed by atoms with van der Waals surface area (Å²) in [4.78, 5) is 0. The maximum Gasteiger partial charge on any atom is -0.0154 e. The molecule has 1 aliphatic carbocycles. The van der Waals surface area contributed by atoms with Gasteiger partial charge >= 0.3 is 0 Å². The predicted molar refractivity (Wildman–Crippen MR) is 41.3 cm³/mol. The number of rotatable bonds is 1. The summed E-state index contributed by atoms with van der Waals surface area (Å²) in [6.07, 6.45) is 9.84. The van der Waals surface area contributed by atoms with Crippen LogP contribution in [-0.2, 0) is 0 Å². The van der Waals surface area contributed by atoms with Crippen LogP contribution in [0.4, 0.5) is 0 Å². The number of allylic oxidation sites excluding steroid dienone is 6. The zero-order valence-electron chi connectivity index (χ0n) is 6.02. The van der Waals surface area contributed by atoms with Gasteiger partial charge in [0.1, 0.15) is 0 Å². The van der Waals surface area contributed by atoms with Gasteiger partial charge in [0, 0.05) is 0 Å². The summed E-state index contributed by atoms with van der Waals surface area (Å²) in [5.74, 6) is 0. The van der Waals surface area contributed by atoms with Gasteiger partial charge in [-0.2, -0.15) is 0 Å². The summed E-state index contributed by atoms with van der Waals surface area (Å²) >= 11 is 0. The highest BCUT2D eigenvalue weighted by molar-refractivity contribution is 5.42. The first kappa shape index (κ1) is 6.34. The van der Waals surface area contributed by atoms with Gasteiger partial charge in [0.2, 0.25) is 0 Å². The highest BCUT2D eigenvalue weighted by atomic mass is 14.0. The van der Waals surface area contributed by atoms with E-state index in [-0.39, 0.29) is 0 Å². The second kappa shape index (κ2) is 2.67. The minimum atomic E-state index is 1.12. The maximum absolute atomic E-state index is 2.25. The molecule has 0 aromatic heterocycles. The summed E-state index contributed by atoms with van der Waals surface area (Å²) in [6.45, 7) is 4.20. The van der Waals surface area contributed by atoms with Crippen LogP contribution in [0.25, 0.3) is 0 Å². The lowest BCUT2D eigenvalue weighted by atomic mass is 10.1. The van der Waals surface area contributed by atoms with Crippen molar-refractivity contribution in [3.63, 3.8) is 0 Å². The number of hydrogen-bond acceptors (Lipinski definition) is 0. The highest BCUT2D eigenvalue weighted by Crippen LogP contribution is 2.18. The fourth-order valence-electron chi connectivity index (χ4n) is 1.02. The van der Waals surface area contributed by atoms with Crippen molar-refractivity contribution in [2.45, 2.75) is 20.3 Å². The van der Waals surface area contributed by atoms with Crippen LogP contribution < -0.4 is 0 Å². The van der Waals surface area contributed by atoms with Gasteiger partial charge in [0.15, 0.2) is 0 Å². The van der Waals surface area contributed by atoms with Crippen molar-refractivity contribution in [3.05, 3.63) is 35.5 Å². The van der Waals surface area contributed by atoms with Gasteiger partial charge in [0.05, 0.1) is 0 Å². The molecule has 0 nitrogen and oxygen atoms in total.